The molecule has 0 aromatic heterocycles. The predicted molar refractivity (Wildman–Crippen MR) is 62.9 cm³/mol. The van der Waals surface area contributed by atoms with Gasteiger partial charge in [0.2, 0.25) is 0 Å². The van der Waals surface area contributed by atoms with Crippen LogP contribution in [-0.2, 0) is 14.3 Å². The zero-order valence-corrected chi connectivity index (χ0v) is 11.1. The van der Waals surface area contributed by atoms with Gasteiger partial charge in [0.25, 0.3) is 0 Å². The number of rotatable bonds is 3. The van der Waals surface area contributed by atoms with Crippen molar-refractivity contribution in [2.75, 3.05) is 0 Å². The van der Waals surface area contributed by atoms with Crippen molar-refractivity contribution in [2.45, 2.75) is 59.7 Å². The maximum atomic E-state index is 11.0. The summed E-state index contributed by atoms with van der Waals surface area (Å²) in [4.78, 5) is 11.0. The number of hydrogen-bond donors (Lipinski definition) is 0. The van der Waals surface area contributed by atoms with Gasteiger partial charge < -0.3 is 9.47 Å². The molecular formula is C13H22O3. The van der Waals surface area contributed by atoms with Crippen LogP contribution in [0.2, 0.25) is 0 Å². The fourth-order valence-electron chi connectivity index (χ4n) is 1.74. The molecule has 0 unspecified atom stereocenters. The third-order valence-corrected chi connectivity index (χ3v) is 2.32. The molecule has 0 aliphatic heterocycles. The topological polar surface area (TPSA) is 35.5 Å². The number of allylic oxidation sites excluding steroid dienone is 1. The Morgan fingerprint density at radius 1 is 1.19 bits per heavy atom. The third kappa shape index (κ3) is 3.97. The van der Waals surface area contributed by atoms with E-state index in [9.17, 15) is 4.79 Å². The molecule has 0 aromatic rings. The molecule has 0 amide bonds. The van der Waals surface area contributed by atoms with E-state index in [4.69, 9.17) is 9.47 Å². The van der Waals surface area contributed by atoms with Gasteiger partial charge in [-0.1, -0.05) is 0 Å². The van der Waals surface area contributed by atoms with Crippen LogP contribution in [0.4, 0.5) is 0 Å². The smallest absolute Gasteiger partial charge is 0.307 e. The van der Waals surface area contributed by atoms with Gasteiger partial charge in [0.15, 0.2) is 0 Å². The van der Waals surface area contributed by atoms with Gasteiger partial charge in [0, 0.05) is 12.8 Å². The molecule has 0 heterocycles. The largest absolute Gasteiger partial charge is 0.431 e. The predicted octanol–water partition coefficient (Wildman–Crippen LogP) is 3.05. The maximum Gasteiger partial charge on any atom is 0.307 e. The fourth-order valence-corrected chi connectivity index (χ4v) is 1.74. The fraction of sp³-hybridized carbons (Fsp3) is 0.769. The van der Waals surface area contributed by atoms with Crippen LogP contribution in [0.5, 0.6) is 0 Å². The van der Waals surface area contributed by atoms with Gasteiger partial charge >= 0.3 is 5.97 Å². The summed E-state index contributed by atoms with van der Waals surface area (Å²) in [5.74, 6) is 0.799. The van der Waals surface area contributed by atoms with Crippen LogP contribution < -0.4 is 0 Å². The molecule has 0 bridgehead atoms. The second-order valence-electron chi connectivity index (χ2n) is 5.57. The number of hydrogen-bond acceptors (Lipinski definition) is 3. The van der Waals surface area contributed by atoms with E-state index in [2.05, 4.69) is 0 Å². The standard InChI is InChI=1S/C13H22O3/c1-8(2)12(15-9(3)14)10-7-11(10)16-13(4,5)6/h10-11H,7H2,1-6H3/t10-,11+/m0/s1. The summed E-state index contributed by atoms with van der Waals surface area (Å²) in [7, 11) is 0. The average Bonchev–Trinajstić information content (AvgIpc) is 2.75. The summed E-state index contributed by atoms with van der Waals surface area (Å²) in [6, 6.07) is 0. The van der Waals surface area contributed by atoms with E-state index in [0.717, 1.165) is 17.8 Å². The summed E-state index contributed by atoms with van der Waals surface area (Å²) < 4.78 is 11.1. The minimum Gasteiger partial charge on any atom is -0.431 e. The Morgan fingerprint density at radius 2 is 1.75 bits per heavy atom. The Kier molecular flexibility index (Phi) is 3.79. The van der Waals surface area contributed by atoms with Gasteiger partial charge in [0.05, 0.1) is 11.7 Å². The van der Waals surface area contributed by atoms with E-state index in [1.165, 1.54) is 6.92 Å². The van der Waals surface area contributed by atoms with Crippen LogP contribution in [-0.4, -0.2) is 17.7 Å². The van der Waals surface area contributed by atoms with E-state index in [1.807, 2.05) is 34.6 Å². The molecule has 16 heavy (non-hydrogen) atoms. The molecule has 1 aliphatic rings. The molecule has 1 saturated carbocycles. The highest BCUT2D eigenvalue weighted by molar-refractivity contribution is 5.67. The molecule has 0 N–H and O–H groups in total. The molecule has 0 radical (unpaired) electrons. The molecule has 2 atom stereocenters. The van der Waals surface area contributed by atoms with Crippen LogP contribution in [0.25, 0.3) is 0 Å². The Bertz CT molecular complexity index is 306. The number of ether oxygens (including phenoxy) is 2. The summed E-state index contributed by atoms with van der Waals surface area (Å²) in [6.45, 7) is 11.5. The highest BCUT2D eigenvalue weighted by Gasteiger charge is 2.45. The minimum atomic E-state index is -0.252. The summed E-state index contributed by atoms with van der Waals surface area (Å²) >= 11 is 0. The maximum absolute atomic E-state index is 11.0. The minimum absolute atomic E-state index is 0.137. The molecule has 1 rings (SSSR count). The molecule has 3 nitrogen and oxygen atoms in total. The second kappa shape index (κ2) is 4.58. The monoisotopic (exact) mass is 226 g/mol. The average molecular weight is 226 g/mol. The van der Waals surface area contributed by atoms with Crippen molar-refractivity contribution >= 4 is 5.97 Å². The first-order valence-corrected chi connectivity index (χ1v) is 5.74. The Balaban J connectivity index is 2.59. The lowest BCUT2D eigenvalue weighted by Crippen LogP contribution is -2.21. The van der Waals surface area contributed by atoms with Crippen molar-refractivity contribution in [3.8, 4) is 0 Å². The van der Waals surface area contributed by atoms with Gasteiger partial charge in [-0.3, -0.25) is 4.79 Å². The first-order valence-electron chi connectivity index (χ1n) is 5.74. The summed E-state index contributed by atoms with van der Waals surface area (Å²) in [5.41, 5.74) is 0.919. The molecule has 1 aliphatic carbocycles. The van der Waals surface area contributed by atoms with Gasteiger partial charge in [-0.2, -0.15) is 0 Å². The van der Waals surface area contributed by atoms with Crippen LogP contribution >= 0.6 is 0 Å². The van der Waals surface area contributed by atoms with Crippen LogP contribution in [0.3, 0.4) is 0 Å². The van der Waals surface area contributed by atoms with Crippen molar-refractivity contribution < 1.29 is 14.3 Å². The summed E-state index contributed by atoms with van der Waals surface area (Å²) in [6.07, 6.45) is 1.15. The number of esters is 1. The summed E-state index contributed by atoms with van der Waals surface area (Å²) in [5, 5.41) is 0. The molecule has 1 fully saturated rings. The first-order chi connectivity index (χ1) is 7.20. The van der Waals surface area contributed by atoms with Crippen molar-refractivity contribution in [1.29, 1.82) is 0 Å². The Hall–Kier alpha value is -0.830. The Labute approximate surface area is 97.8 Å². The lowest BCUT2D eigenvalue weighted by molar-refractivity contribution is -0.137. The Morgan fingerprint density at radius 3 is 2.12 bits per heavy atom. The zero-order chi connectivity index (χ0) is 12.5. The van der Waals surface area contributed by atoms with E-state index in [1.54, 1.807) is 0 Å². The quantitative estimate of drug-likeness (QED) is 0.548. The van der Waals surface area contributed by atoms with Gasteiger partial charge in [-0.15, -0.1) is 0 Å². The number of carbonyl (C=O) groups excluding carboxylic acids is 1. The second-order valence-corrected chi connectivity index (χ2v) is 5.57. The van der Waals surface area contributed by atoms with Crippen molar-refractivity contribution in [3.05, 3.63) is 11.3 Å². The van der Waals surface area contributed by atoms with Crippen molar-refractivity contribution in [3.63, 3.8) is 0 Å². The van der Waals surface area contributed by atoms with E-state index >= 15 is 0 Å². The molecule has 0 spiro atoms. The van der Waals surface area contributed by atoms with E-state index in [-0.39, 0.29) is 23.6 Å². The van der Waals surface area contributed by atoms with Crippen LogP contribution in [0.1, 0.15) is 48.0 Å². The zero-order valence-electron chi connectivity index (χ0n) is 11.1. The normalized spacial score (nSPS) is 23.9. The van der Waals surface area contributed by atoms with Crippen LogP contribution in [0.15, 0.2) is 11.3 Å². The first kappa shape index (κ1) is 13.2. The van der Waals surface area contributed by atoms with Crippen molar-refractivity contribution in [1.82, 2.24) is 0 Å². The molecule has 92 valence electrons. The highest BCUT2D eigenvalue weighted by atomic mass is 16.5. The van der Waals surface area contributed by atoms with E-state index in [0.29, 0.717) is 0 Å². The molecule has 0 aromatic carbocycles. The van der Waals surface area contributed by atoms with Crippen molar-refractivity contribution in [2.24, 2.45) is 5.92 Å². The lowest BCUT2D eigenvalue weighted by Gasteiger charge is -2.20. The van der Waals surface area contributed by atoms with Crippen LogP contribution in [0, 0.1) is 5.92 Å². The SMILES string of the molecule is CC(=O)OC(=C(C)C)[C@H]1C[C@H]1OC(C)(C)C. The van der Waals surface area contributed by atoms with Gasteiger partial charge in [-0.25, -0.2) is 0 Å². The third-order valence-electron chi connectivity index (χ3n) is 2.32. The molecular weight excluding hydrogens is 204 g/mol. The lowest BCUT2D eigenvalue weighted by atomic mass is 10.2. The van der Waals surface area contributed by atoms with Gasteiger partial charge in [0.1, 0.15) is 5.76 Å². The molecule has 3 heteroatoms. The number of carbonyl (C=O) groups is 1. The molecule has 0 saturated heterocycles. The highest BCUT2D eigenvalue weighted by Crippen LogP contribution is 2.43. The van der Waals surface area contributed by atoms with E-state index < -0.39 is 0 Å². The van der Waals surface area contributed by atoms with Gasteiger partial charge in [-0.05, 0) is 46.6 Å².